The molecule has 1 N–H and O–H groups in total. The lowest BCUT2D eigenvalue weighted by Gasteiger charge is -2.32. The van der Waals surface area contributed by atoms with Gasteiger partial charge >= 0.3 is 6.09 Å². The number of ether oxygens (including phenoxy) is 1. The van der Waals surface area contributed by atoms with E-state index in [2.05, 4.69) is 42.2 Å². The number of likely N-dealkylation sites (tertiary alicyclic amines) is 1. The number of fused-ring (bicyclic) bond motifs is 3. The van der Waals surface area contributed by atoms with E-state index in [-0.39, 0.29) is 5.41 Å². The van der Waals surface area contributed by atoms with Crippen LogP contribution in [0.1, 0.15) is 18.9 Å². The predicted molar refractivity (Wildman–Crippen MR) is 99.3 cm³/mol. The van der Waals surface area contributed by atoms with Crippen LogP contribution in [0.15, 0.2) is 48.5 Å². The van der Waals surface area contributed by atoms with E-state index in [0.29, 0.717) is 11.9 Å². The van der Waals surface area contributed by atoms with Gasteiger partial charge in [-0.15, -0.1) is 0 Å². The number of hydrogen-bond donors (Lipinski definition) is 1. The van der Waals surface area contributed by atoms with Crippen molar-refractivity contribution in [1.29, 1.82) is 0 Å². The van der Waals surface area contributed by atoms with Crippen LogP contribution < -0.4 is 15.0 Å². The molecule has 4 rings (SSSR count). The summed E-state index contributed by atoms with van der Waals surface area (Å²) in [5.74, 6) is 0.581. The van der Waals surface area contributed by atoms with E-state index in [1.54, 1.807) is 0 Å². The molecular weight excluding hydrogens is 314 g/mol. The average molecular weight is 337 g/mol. The van der Waals surface area contributed by atoms with E-state index in [1.165, 1.54) is 11.3 Å². The fourth-order valence-corrected chi connectivity index (χ4v) is 4.39. The molecule has 0 aliphatic carbocycles. The Hall–Kier alpha value is -2.53. The maximum Gasteiger partial charge on any atom is 0.417 e. The maximum atomic E-state index is 12.2. The molecule has 2 aromatic rings. The Morgan fingerprint density at radius 1 is 1.20 bits per heavy atom. The van der Waals surface area contributed by atoms with Gasteiger partial charge in [-0.1, -0.05) is 25.1 Å². The van der Waals surface area contributed by atoms with Gasteiger partial charge in [-0.05, 0) is 49.4 Å². The summed E-state index contributed by atoms with van der Waals surface area (Å²) in [6.07, 6.45) is 0.990. The molecule has 0 spiro atoms. The van der Waals surface area contributed by atoms with Crippen LogP contribution in [-0.2, 0) is 5.41 Å². The van der Waals surface area contributed by atoms with Crippen molar-refractivity contribution in [3.63, 3.8) is 0 Å². The molecule has 2 aliphatic heterocycles. The highest BCUT2D eigenvalue weighted by molar-refractivity contribution is 5.86. The van der Waals surface area contributed by atoms with Crippen molar-refractivity contribution < 1.29 is 9.53 Å². The Morgan fingerprint density at radius 3 is 2.72 bits per heavy atom. The summed E-state index contributed by atoms with van der Waals surface area (Å²) in [5, 5.41) is 2.75. The van der Waals surface area contributed by atoms with Gasteiger partial charge in [0.15, 0.2) is 0 Å². The zero-order chi connectivity index (χ0) is 17.6. The Labute approximate surface area is 148 Å². The van der Waals surface area contributed by atoms with E-state index in [0.717, 1.165) is 18.7 Å². The molecule has 2 atom stereocenters. The monoisotopic (exact) mass is 337 g/mol. The van der Waals surface area contributed by atoms with Crippen LogP contribution in [-0.4, -0.2) is 37.8 Å². The average Bonchev–Trinajstić information content (AvgIpc) is 3.01. The second-order valence-corrected chi connectivity index (χ2v) is 7.19. The first-order valence-electron chi connectivity index (χ1n) is 8.60. The van der Waals surface area contributed by atoms with Gasteiger partial charge in [-0.25, -0.2) is 4.79 Å². The molecule has 0 bridgehead atoms. The SMILES string of the molecule is CN1CC[C@]2(C)c3cc(OC(=O)Nc4ccccc4)ccc3N(C)C12. The number of nitrogens with zero attached hydrogens (tertiary/aromatic N) is 2. The minimum atomic E-state index is -0.470. The number of carbonyl (C=O) groups excluding carboxylic acids is 1. The number of nitrogens with one attached hydrogen (secondary N) is 1. The lowest BCUT2D eigenvalue weighted by atomic mass is 9.81. The number of carbonyl (C=O) groups is 1. The molecule has 25 heavy (non-hydrogen) atoms. The van der Waals surface area contributed by atoms with Gasteiger partial charge in [-0.2, -0.15) is 0 Å². The minimum Gasteiger partial charge on any atom is -0.410 e. The largest absolute Gasteiger partial charge is 0.417 e. The molecule has 1 fully saturated rings. The number of amides is 1. The number of anilines is 2. The highest BCUT2D eigenvalue weighted by Gasteiger charge is 2.52. The molecule has 1 saturated heterocycles. The van der Waals surface area contributed by atoms with Crippen LogP contribution in [0.25, 0.3) is 0 Å². The molecule has 2 heterocycles. The third-order valence-corrected chi connectivity index (χ3v) is 5.53. The summed E-state index contributed by atoms with van der Waals surface area (Å²) in [6, 6.07) is 15.3. The predicted octanol–water partition coefficient (Wildman–Crippen LogP) is 3.67. The molecule has 5 nitrogen and oxygen atoms in total. The summed E-state index contributed by atoms with van der Waals surface area (Å²) in [6.45, 7) is 3.38. The van der Waals surface area contributed by atoms with Crippen molar-refractivity contribution in [2.45, 2.75) is 24.9 Å². The van der Waals surface area contributed by atoms with Crippen LogP contribution in [0.3, 0.4) is 0 Å². The van der Waals surface area contributed by atoms with Gasteiger partial charge in [0.05, 0.1) is 6.17 Å². The zero-order valence-corrected chi connectivity index (χ0v) is 14.8. The number of para-hydroxylation sites is 1. The summed E-state index contributed by atoms with van der Waals surface area (Å²) in [4.78, 5) is 16.9. The van der Waals surface area contributed by atoms with Gasteiger partial charge in [0, 0.05) is 30.4 Å². The number of likely N-dealkylation sites (N-methyl/N-ethyl adjacent to an activating group) is 2. The van der Waals surface area contributed by atoms with Gasteiger partial charge in [0.25, 0.3) is 0 Å². The minimum absolute atomic E-state index is 0.0636. The van der Waals surface area contributed by atoms with Gasteiger partial charge < -0.3 is 9.64 Å². The Bertz CT molecular complexity index is 808. The van der Waals surface area contributed by atoms with Crippen LogP contribution in [0.5, 0.6) is 5.75 Å². The maximum absolute atomic E-state index is 12.2. The standard InChI is InChI=1S/C20H23N3O2/c1-20-11-12-22(2)18(20)23(3)17-10-9-15(13-16(17)20)25-19(24)21-14-7-5-4-6-8-14/h4-10,13,18H,11-12H2,1-3H3,(H,21,24)/t18?,20-/m1/s1. The van der Waals surface area contributed by atoms with E-state index in [4.69, 9.17) is 4.74 Å². The van der Waals surface area contributed by atoms with Gasteiger partial charge in [-0.3, -0.25) is 10.2 Å². The number of hydrogen-bond acceptors (Lipinski definition) is 4. The summed E-state index contributed by atoms with van der Waals surface area (Å²) < 4.78 is 5.52. The third-order valence-electron chi connectivity index (χ3n) is 5.53. The summed E-state index contributed by atoms with van der Waals surface area (Å²) in [5.41, 5.74) is 3.26. The Kier molecular flexibility index (Phi) is 3.69. The fraction of sp³-hybridized carbons (Fsp3) is 0.350. The van der Waals surface area contributed by atoms with Crippen LogP contribution in [0.4, 0.5) is 16.2 Å². The normalized spacial score (nSPS) is 24.8. The van der Waals surface area contributed by atoms with E-state index >= 15 is 0 Å². The third kappa shape index (κ3) is 2.55. The van der Waals surface area contributed by atoms with Crippen molar-refractivity contribution >= 4 is 17.5 Å². The zero-order valence-electron chi connectivity index (χ0n) is 14.8. The summed E-state index contributed by atoms with van der Waals surface area (Å²) in [7, 11) is 4.31. The van der Waals surface area contributed by atoms with Gasteiger partial charge in [0.1, 0.15) is 5.75 Å². The van der Waals surface area contributed by atoms with Crippen molar-refractivity contribution in [3.8, 4) is 5.75 Å². The first-order chi connectivity index (χ1) is 12.0. The lowest BCUT2D eigenvalue weighted by Crippen LogP contribution is -2.45. The molecule has 2 aromatic carbocycles. The van der Waals surface area contributed by atoms with E-state index in [1.807, 2.05) is 42.5 Å². The Balaban J connectivity index is 1.56. The van der Waals surface area contributed by atoms with Crippen LogP contribution in [0.2, 0.25) is 0 Å². The molecule has 130 valence electrons. The van der Waals surface area contributed by atoms with Gasteiger partial charge in [0.2, 0.25) is 0 Å². The first kappa shape index (κ1) is 16.0. The second kappa shape index (κ2) is 5.77. The quantitative estimate of drug-likeness (QED) is 0.908. The smallest absolute Gasteiger partial charge is 0.410 e. The molecule has 1 unspecified atom stereocenters. The van der Waals surface area contributed by atoms with Crippen molar-refractivity contribution in [2.24, 2.45) is 0 Å². The molecular formula is C20H23N3O2. The van der Waals surface area contributed by atoms with E-state index in [9.17, 15) is 4.79 Å². The van der Waals surface area contributed by atoms with E-state index < -0.39 is 6.09 Å². The van der Waals surface area contributed by atoms with Crippen molar-refractivity contribution in [1.82, 2.24) is 4.90 Å². The Morgan fingerprint density at radius 2 is 1.96 bits per heavy atom. The highest BCUT2D eigenvalue weighted by atomic mass is 16.6. The summed E-state index contributed by atoms with van der Waals surface area (Å²) >= 11 is 0. The topological polar surface area (TPSA) is 44.8 Å². The lowest BCUT2D eigenvalue weighted by molar-refractivity contribution is 0.215. The number of benzene rings is 2. The van der Waals surface area contributed by atoms with Crippen LogP contribution in [0, 0.1) is 0 Å². The molecule has 0 radical (unpaired) electrons. The molecule has 1 amide bonds. The fourth-order valence-electron chi connectivity index (χ4n) is 4.39. The second-order valence-electron chi connectivity index (χ2n) is 7.19. The molecule has 0 saturated carbocycles. The molecule has 2 aliphatic rings. The van der Waals surface area contributed by atoms with Crippen molar-refractivity contribution in [3.05, 3.63) is 54.1 Å². The molecule has 5 heteroatoms. The van der Waals surface area contributed by atoms with Crippen LogP contribution >= 0.6 is 0 Å². The highest BCUT2D eigenvalue weighted by Crippen LogP contribution is 2.51. The van der Waals surface area contributed by atoms with Crippen molar-refractivity contribution in [2.75, 3.05) is 30.9 Å². The first-order valence-corrected chi connectivity index (χ1v) is 8.60. The number of rotatable bonds is 2. The molecule has 0 aromatic heterocycles.